The average molecular weight is 668 g/mol. The van der Waals surface area contributed by atoms with Gasteiger partial charge in [-0.25, -0.2) is 0 Å². The lowest BCUT2D eigenvalue weighted by molar-refractivity contribution is 0.117. The maximum atomic E-state index is 2.52. The van der Waals surface area contributed by atoms with Crippen molar-refractivity contribution in [3.63, 3.8) is 0 Å². The van der Waals surface area contributed by atoms with E-state index in [1.807, 2.05) is 0 Å². The summed E-state index contributed by atoms with van der Waals surface area (Å²) < 4.78 is 0. The summed E-state index contributed by atoms with van der Waals surface area (Å²) in [6, 6.07) is 61.7. The lowest BCUT2D eigenvalue weighted by Crippen LogP contribution is -2.42. The summed E-state index contributed by atoms with van der Waals surface area (Å²) in [6.45, 7) is 0. The van der Waals surface area contributed by atoms with Crippen molar-refractivity contribution in [2.75, 3.05) is 4.90 Å². The summed E-state index contributed by atoms with van der Waals surface area (Å²) in [6.07, 6.45) is 8.19. The minimum atomic E-state index is 0.152. The first kappa shape index (κ1) is 30.0. The van der Waals surface area contributed by atoms with Crippen LogP contribution in [0.1, 0.15) is 49.7 Å². The normalized spacial score (nSPS) is 20.3. The highest BCUT2D eigenvalue weighted by atomic mass is 15.1. The number of rotatable bonds is 4. The van der Waals surface area contributed by atoms with E-state index in [9.17, 15) is 0 Å². The number of hydrogen-bond donors (Lipinski definition) is 0. The van der Waals surface area contributed by atoms with E-state index in [2.05, 4.69) is 169 Å². The Kier molecular flexibility index (Phi) is 6.74. The first-order chi connectivity index (χ1) is 25.7. The summed E-state index contributed by atoms with van der Waals surface area (Å²) >= 11 is 0. The highest BCUT2D eigenvalue weighted by Crippen LogP contribution is 2.62. The van der Waals surface area contributed by atoms with Crippen molar-refractivity contribution < 1.29 is 0 Å². The highest BCUT2D eigenvalue weighted by Gasteiger charge is 2.52. The van der Waals surface area contributed by atoms with Crippen LogP contribution in [0.3, 0.4) is 0 Å². The van der Waals surface area contributed by atoms with Gasteiger partial charge in [-0.1, -0.05) is 134 Å². The molecule has 0 aliphatic heterocycles. The monoisotopic (exact) mass is 667 g/mol. The molecular weight excluding hydrogens is 627 g/mol. The van der Waals surface area contributed by atoms with Crippen LogP contribution in [-0.2, 0) is 5.41 Å². The summed E-state index contributed by atoms with van der Waals surface area (Å²) in [4.78, 5) is 2.47. The minimum Gasteiger partial charge on any atom is -0.310 e. The molecule has 250 valence electrons. The van der Waals surface area contributed by atoms with E-state index >= 15 is 0 Å². The van der Waals surface area contributed by atoms with Gasteiger partial charge in [0.1, 0.15) is 0 Å². The van der Waals surface area contributed by atoms with Crippen molar-refractivity contribution >= 4 is 49.4 Å². The van der Waals surface area contributed by atoms with Gasteiger partial charge in [-0.15, -0.1) is 0 Å². The second-order valence-corrected chi connectivity index (χ2v) is 15.6. The smallest absolute Gasteiger partial charge is 0.0468 e. The quantitative estimate of drug-likeness (QED) is 0.169. The lowest BCUT2D eigenvalue weighted by atomic mass is 9.55. The zero-order chi connectivity index (χ0) is 34.2. The second kappa shape index (κ2) is 11.7. The van der Waals surface area contributed by atoms with E-state index in [-0.39, 0.29) is 5.41 Å². The van der Waals surface area contributed by atoms with Gasteiger partial charge in [-0.2, -0.15) is 0 Å². The van der Waals surface area contributed by atoms with Crippen LogP contribution in [0.15, 0.2) is 164 Å². The molecule has 2 bridgehead atoms. The topological polar surface area (TPSA) is 3.24 Å². The van der Waals surface area contributed by atoms with Gasteiger partial charge in [0, 0.05) is 22.5 Å². The van der Waals surface area contributed by atoms with Gasteiger partial charge in [-0.05, 0) is 146 Å². The third-order valence-electron chi connectivity index (χ3n) is 13.1. The molecule has 52 heavy (non-hydrogen) atoms. The van der Waals surface area contributed by atoms with E-state index in [1.54, 1.807) is 11.1 Å². The Morgan fingerprint density at radius 2 is 1.12 bits per heavy atom. The molecule has 1 heteroatoms. The van der Waals surface area contributed by atoms with Gasteiger partial charge in [-0.3, -0.25) is 0 Å². The number of hydrogen-bond acceptors (Lipinski definition) is 1. The first-order valence-electron chi connectivity index (χ1n) is 19.3. The third kappa shape index (κ3) is 4.48. The summed E-state index contributed by atoms with van der Waals surface area (Å²) in [7, 11) is 0. The minimum absolute atomic E-state index is 0.152. The van der Waals surface area contributed by atoms with Gasteiger partial charge in [0.05, 0.1) is 0 Å². The second-order valence-electron chi connectivity index (χ2n) is 15.6. The fraction of sp³-hybridized carbons (Fsp3) is 0.176. The molecule has 8 aromatic carbocycles. The highest BCUT2D eigenvalue weighted by molar-refractivity contribution is 6.13. The summed E-state index contributed by atoms with van der Waals surface area (Å²) in [5.74, 6) is 1.65. The Balaban J connectivity index is 1.07. The Hall–Kier alpha value is -5.66. The number of anilines is 3. The van der Waals surface area contributed by atoms with E-state index in [4.69, 9.17) is 0 Å². The summed E-state index contributed by atoms with van der Waals surface area (Å²) in [5, 5.41) is 7.68. The summed E-state index contributed by atoms with van der Waals surface area (Å²) in [5.41, 5.74) is 12.2. The van der Waals surface area contributed by atoms with Gasteiger partial charge < -0.3 is 4.90 Å². The van der Waals surface area contributed by atoms with Crippen LogP contribution in [0.2, 0.25) is 0 Å². The number of nitrogens with zero attached hydrogens (tertiary/aromatic N) is 1. The van der Waals surface area contributed by atoms with Crippen molar-refractivity contribution in [1.82, 2.24) is 0 Å². The molecule has 3 atom stereocenters. The maximum absolute atomic E-state index is 2.52. The van der Waals surface area contributed by atoms with Crippen LogP contribution in [-0.4, -0.2) is 0 Å². The predicted octanol–water partition coefficient (Wildman–Crippen LogP) is 14.1. The number of benzene rings is 8. The van der Waals surface area contributed by atoms with Gasteiger partial charge in [0.2, 0.25) is 0 Å². The molecule has 0 amide bonds. The zero-order valence-corrected chi connectivity index (χ0v) is 29.4. The van der Waals surface area contributed by atoms with Crippen molar-refractivity contribution in [3.05, 3.63) is 175 Å². The van der Waals surface area contributed by atoms with E-state index in [0.717, 1.165) is 17.5 Å². The SMILES string of the molecule is c1ccc2c(c1)-c1cc(N(c3ccc(-c4cc5ccccc5c5ccccc45)cc3)c3ccc4ccccc4c3)ccc1C21CCC2CCCC1C2. The molecule has 3 aliphatic rings. The maximum Gasteiger partial charge on any atom is 0.0468 e. The van der Waals surface area contributed by atoms with Crippen molar-refractivity contribution in [2.24, 2.45) is 11.8 Å². The molecule has 2 saturated carbocycles. The van der Waals surface area contributed by atoms with Crippen molar-refractivity contribution in [2.45, 2.75) is 43.9 Å². The molecule has 3 unspecified atom stereocenters. The largest absolute Gasteiger partial charge is 0.310 e. The van der Waals surface area contributed by atoms with Crippen molar-refractivity contribution in [1.29, 1.82) is 0 Å². The molecule has 3 aliphatic carbocycles. The fourth-order valence-electron chi connectivity index (χ4n) is 10.7. The molecule has 8 aromatic rings. The average Bonchev–Trinajstić information content (AvgIpc) is 3.49. The molecule has 0 radical (unpaired) electrons. The molecule has 11 rings (SSSR count). The van der Waals surface area contributed by atoms with Crippen LogP contribution in [0.4, 0.5) is 17.1 Å². The van der Waals surface area contributed by atoms with Gasteiger partial charge in [0.25, 0.3) is 0 Å². The van der Waals surface area contributed by atoms with Crippen molar-refractivity contribution in [3.8, 4) is 22.3 Å². The molecular formula is C51H41N. The Morgan fingerprint density at radius 3 is 2.00 bits per heavy atom. The van der Waals surface area contributed by atoms with Crippen LogP contribution in [0, 0.1) is 11.8 Å². The van der Waals surface area contributed by atoms with E-state index in [0.29, 0.717) is 0 Å². The number of fused-ring (bicyclic) bond motifs is 12. The third-order valence-corrected chi connectivity index (χ3v) is 13.1. The van der Waals surface area contributed by atoms with Gasteiger partial charge in [0.15, 0.2) is 0 Å². The van der Waals surface area contributed by atoms with E-state index in [1.165, 1.54) is 104 Å². The van der Waals surface area contributed by atoms with Crippen LogP contribution >= 0.6 is 0 Å². The molecule has 1 nitrogen and oxygen atoms in total. The standard InChI is InChI=1S/C51H41N/c1-2-12-37-31-41(25-20-35(37)11-1)52(40-23-21-36(22-24-40)47-32-38-13-3-4-15-43(38)44-16-5-6-17-45(44)47)42-26-27-50-48(33-42)46-18-7-8-19-49(46)51(50)29-28-34-10-9-14-39(51)30-34/h1-8,11-13,15-27,31-34,39H,9-10,14,28-30H2. The zero-order valence-electron chi connectivity index (χ0n) is 29.4. The molecule has 1 spiro atoms. The Morgan fingerprint density at radius 1 is 0.442 bits per heavy atom. The fourth-order valence-corrected chi connectivity index (χ4v) is 10.7. The van der Waals surface area contributed by atoms with Crippen LogP contribution in [0.25, 0.3) is 54.6 Å². The Bertz CT molecular complexity index is 2670. The first-order valence-corrected chi connectivity index (χ1v) is 19.3. The van der Waals surface area contributed by atoms with Crippen LogP contribution in [0.5, 0.6) is 0 Å². The molecule has 0 aromatic heterocycles. The molecule has 2 fully saturated rings. The van der Waals surface area contributed by atoms with Crippen LogP contribution < -0.4 is 4.90 Å². The predicted molar refractivity (Wildman–Crippen MR) is 220 cm³/mol. The van der Waals surface area contributed by atoms with E-state index < -0.39 is 0 Å². The molecule has 0 N–H and O–H groups in total. The molecule has 0 saturated heterocycles. The van der Waals surface area contributed by atoms with Gasteiger partial charge >= 0.3 is 0 Å². The Labute approximate surface area is 306 Å². The lowest BCUT2D eigenvalue weighted by Gasteiger charge is -2.49. The molecule has 0 heterocycles.